The first-order chi connectivity index (χ1) is 14.2. The zero-order chi connectivity index (χ0) is 22.0. The van der Waals surface area contributed by atoms with Crippen molar-refractivity contribution >= 4 is 23.7 Å². The van der Waals surface area contributed by atoms with E-state index in [0.29, 0.717) is 6.42 Å². The van der Waals surface area contributed by atoms with Gasteiger partial charge in [-0.25, -0.2) is 9.59 Å². The van der Waals surface area contributed by atoms with E-state index in [4.69, 9.17) is 9.84 Å². The van der Waals surface area contributed by atoms with Gasteiger partial charge in [-0.05, 0) is 68.1 Å². The molecule has 1 aliphatic rings. The van der Waals surface area contributed by atoms with Crippen LogP contribution in [0.1, 0.15) is 56.1 Å². The molecule has 0 aromatic heterocycles. The van der Waals surface area contributed by atoms with Crippen LogP contribution in [0.5, 0.6) is 0 Å². The lowest BCUT2D eigenvalue weighted by molar-refractivity contribution is -0.117. The molecule has 158 valence electrons. The molecule has 7 nitrogen and oxygen atoms in total. The van der Waals surface area contributed by atoms with E-state index in [2.05, 4.69) is 5.32 Å². The molecule has 2 atom stereocenters. The predicted octanol–water partition coefficient (Wildman–Crippen LogP) is 4.37. The Bertz CT molecular complexity index is 968. The molecule has 2 amide bonds. The third-order valence-corrected chi connectivity index (χ3v) is 5.12. The van der Waals surface area contributed by atoms with Crippen molar-refractivity contribution in [3.05, 3.63) is 53.6 Å². The van der Waals surface area contributed by atoms with Gasteiger partial charge in [0, 0.05) is 18.7 Å². The number of hydrogen-bond donors (Lipinski definition) is 2. The van der Waals surface area contributed by atoms with E-state index in [1.807, 2.05) is 25.1 Å². The minimum atomic E-state index is -0.981. The van der Waals surface area contributed by atoms with E-state index in [0.717, 1.165) is 22.4 Å². The normalized spacial score (nSPS) is 18.0. The fourth-order valence-corrected chi connectivity index (χ4v) is 3.86. The number of aromatic carboxylic acids is 1. The second-order valence-electron chi connectivity index (χ2n) is 7.78. The van der Waals surface area contributed by atoms with Gasteiger partial charge < -0.3 is 20.1 Å². The third kappa shape index (κ3) is 4.45. The first-order valence-electron chi connectivity index (χ1n) is 9.92. The number of carbonyl (C=O) groups excluding carboxylic acids is 2. The molecule has 1 aliphatic heterocycles. The van der Waals surface area contributed by atoms with Gasteiger partial charge in [-0.15, -0.1) is 0 Å². The van der Waals surface area contributed by atoms with Crippen molar-refractivity contribution in [3.8, 4) is 11.1 Å². The Balaban J connectivity index is 2.01. The highest BCUT2D eigenvalue weighted by molar-refractivity contribution is 5.94. The summed E-state index contributed by atoms with van der Waals surface area (Å²) in [6.45, 7) is 7.05. The van der Waals surface area contributed by atoms with Crippen LogP contribution in [-0.2, 0) is 9.53 Å². The van der Waals surface area contributed by atoms with Crippen molar-refractivity contribution in [3.63, 3.8) is 0 Å². The van der Waals surface area contributed by atoms with Crippen LogP contribution in [0.4, 0.5) is 10.5 Å². The smallest absolute Gasteiger partial charge is 0.407 e. The summed E-state index contributed by atoms with van der Waals surface area (Å²) < 4.78 is 5.24. The Morgan fingerprint density at radius 2 is 1.73 bits per heavy atom. The molecule has 0 bridgehead atoms. The van der Waals surface area contributed by atoms with Gasteiger partial charge >= 0.3 is 12.1 Å². The van der Waals surface area contributed by atoms with Crippen LogP contribution < -0.4 is 10.2 Å². The quantitative estimate of drug-likeness (QED) is 0.780. The zero-order valence-corrected chi connectivity index (χ0v) is 17.5. The van der Waals surface area contributed by atoms with Crippen molar-refractivity contribution < 1.29 is 24.2 Å². The fourth-order valence-electron chi connectivity index (χ4n) is 3.86. The molecular formula is C23H26N2O5. The summed E-state index contributed by atoms with van der Waals surface area (Å²) in [5.41, 5.74) is 3.50. The van der Waals surface area contributed by atoms with E-state index in [1.54, 1.807) is 43.0 Å². The SMILES string of the molecule is CC(=O)N1c2ccc(-c3ccc(C(=O)O)cc3)cc2[C@@H](NC(=O)OC(C)C)C[C@H]1C. The second kappa shape index (κ2) is 8.57. The molecule has 2 aromatic carbocycles. The van der Waals surface area contributed by atoms with Crippen molar-refractivity contribution in [1.29, 1.82) is 0 Å². The molecule has 0 saturated carbocycles. The maximum absolute atomic E-state index is 12.3. The second-order valence-corrected chi connectivity index (χ2v) is 7.78. The Morgan fingerprint density at radius 1 is 1.10 bits per heavy atom. The van der Waals surface area contributed by atoms with Crippen molar-refractivity contribution in [2.75, 3.05) is 4.90 Å². The summed E-state index contributed by atoms with van der Waals surface area (Å²) >= 11 is 0. The number of rotatable bonds is 4. The van der Waals surface area contributed by atoms with Crippen LogP contribution in [0.3, 0.4) is 0 Å². The van der Waals surface area contributed by atoms with E-state index in [1.165, 1.54) is 6.92 Å². The van der Waals surface area contributed by atoms with Gasteiger partial charge in [0.25, 0.3) is 0 Å². The molecule has 3 rings (SSSR count). The first kappa shape index (κ1) is 21.4. The highest BCUT2D eigenvalue weighted by Gasteiger charge is 2.33. The average molecular weight is 410 g/mol. The summed E-state index contributed by atoms with van der Waals surface area (Å²) in [6, 6.07) is 11.9. The van der Waals surface area contributed by atoms with Crippen LogP contribution in [0.2, 0.25) is 0 Å². The van der Waals surface area contributed by atoms with Gasteiger partial charge in [-0.1, -0.05) is 18.2 Å². The summed E-state index contributed by atoms with van der Waals surface area (Å²) in [5, 5.41) is 12.0. The minimum Gasteiger partial charge on any atom is -0.478 e. The van der Waals surface area contributed by atoms with Crippen molar-refractivity contribution in [1.82, 2.24) is 5.32 Å². The number of benzene rings is 2. The number of nitrogens with one attached hydrogen (secondary N) is 1. The molecule has 0 spiro atoms. The van der Waals surface area contributed by atoms with Gasteiger partial charge in [0.15, 0.2) is 0 Å². The highest BCUT2D eigenvalue weighted by atomic mass is 16.6. The van der Waals surface area contributed by atoms with Crippen LogP contribution in [-0.4, -0.2) is 35.2 Å². The number of carbonyl (C=O) groups is 3. The van der Waals surface area contributed by atoms with E-state index in [9.17, 15) is 14.4 Å². The zero-order valence-electron chi connectivity index (χ0n) is 17.5. The summed E-state index contributed by atoms with van der Waals surface area (Å²) in [7, 11) is 0. The lowest BCUT2D eigenvalue weighted by atomic mass is 9.89. The molecule has 0 saturated heterocycles. The number of fused-ring (bicyclic) bond motifs is 1. The molecule has 30 heavy (non-hydrogen) atoms. The molecule has 2 aromatic rings. The van der Waals surface area contributed by atoms with Gasteiger partial charge in [-0.3, -0.25) is 4.79 Å². The fraction of sp³-hybridized carbons (Fsp3) is 0.348. The lowest BCUT2D eigenvalue weighted by Crippen LogP contribution is -2.45. The number of nitrogens with zero attached hydrogens (tertiary/aromatic N) is 1. The predicted molar refractivity (Wildman–Crippen MR) is 114 cm³/mol. The van der Waals surface area contributed by atoms with Crippen LogP contribution in [0.15, 0.2) is 42.5 Å². The Kier molecular flexibility index (Phi) is 6.10. The van der Waals surface area contributed by atoms with Crippen LogP contribution in [0, 0.1) is 0 Å². The van der Waals surface area contributed by atoms with E-state index < -0.39 is 12.1 Å². The van der Waals surface area contributed by atoms with Crippen molar-refractivity contribution in [2.45, 2.75) is 52.3 Å². The molecule has 0 fully saturated rings. The van der Waals surface area contributed by atoms with E-state index in [-0.39, 0.29) is 29.7 Å². The molecule has 1 heterocycles. The standard InChI is InChI=1S/C23H26N2O5/c1-13(2)30-23(29)24-20-11-14(3)25(15(4)26)21-10-9-18(12-19(20)21)16-5-7-17(8-6-16)22(27)28/h5-10,12-14,20H,11H2,1-4H3,(H,24,29)(H,27,28)/t14-,20+/m1/s1. The van der Waals surface area contributed by atoms with Gasteiger partial charge in [0.05, 0.1) is 17.7 Å². The lowest BCUT2D eigenvalue weighted by Gasteiger charge is -2.39. The topological polar surface area (TPSA) is 95.9 Å². The first-order valence-corrected chi connectivity index (χ1v) is 9.92. The Hall–Kier alpha value is -3.35. The van der Waals surface area contributed by atoms with Crippen LogP contribution >= 0.6 is 0 Å². The molecule has 0 aliphatic carbocycles. The largest absolute Gasteiger partial charge is 0.478 e. The Morgan fingerprint density at radius 3 is 2.30 bits per heavy atom. The van der Waals surface area contributed by atoms with Crippen molar-refractivity contribution in [2.24, 2.45) is 0 Å². The van der Waals surface area contributed by atoms with Crippen LogP contribution in [0.25, 0.3) is 11.1 Å². The van der Waals surface area contributed by atoms with Gasteiger partial charge in [-0.2, -0.15) is 0 Å². The number of anilines is 1. The number of carboxylic acids is 1. The summed E-state index contributed by atoms with van der Waals surface area (Å²) in [6.07, 6.45) is -0.180. The van der Waals surface area contributed by atoms with Gasteiger partial charge in [0.1, 0.15) is 0 Å². The number of carboxylic acid groups (broad SMARTS) is 1. The molecule has 0 unspecified atom stereocenters. The number of alkyl carbamates (subject to hydrolysis) is 1. The minimum absolute atomic E-state index is 0.0643. The maximum atomic E-state index is 12.3. The Labute approximate surface area is 175 Å². The summed E-state index contributed by atoms with van der Waals surface area (Å²) in [5.74, 6) is -1.04. The van der Waals surface area contributed by atoms with E-state index >= 15 is 0 Å². The number of hydrogen-bond acceptors (Lipinski definition) is 4. The van der Waals surface area contributed by atoms with Gasteiger partial charge in [0.2, 0.25) is 5.91 Å². The molecule has 0 radical (unpaired) electrons. The molecule has 7 heteroatoms. The highest BCUT2D eigenvalue weighted by Crippen LogP contribution is 2.39. The molecule has 2 N–H and O–H groups in total. The maximum Gasteiger partial charge on any atom is 0.407 e. The number of ether oxygens (including phenoxy) is 1. The molecular weight excluding hydrogens is 384 g/mol. The number of amides is 2. The average Bonchev–Trinajstić information content (AvgIpc) is 2.66. The summed E-state index contributed by atoms with van der Waals surface area (Å²) in [4.78, 5) is 37.3. The monoisotopic (exact) mass is 410 g/mol. The third-order valence-electron chi connectivity index (χ3n) is 5.12.